The van der Waals surface area contributed by atoms with Crippen molar-refractivity contribution in [2.24, 2.45) is 0 Å². The third-order valence-electron chi connectivity index (χ3n) is 4.54. The van der Waals surface area contributed by atoms with Crippen LogP contribution in [0.25, 0.3) is 0 Å². The van der Waals surface area contributed by atoms with Crippen LogP contribution in [0.3, 0.4) is 0 Å². The predicted molar refractivity (Wildman–Crippen MR) is 84.6 cm³/mol. The van der Waals surface area contributed by atoms with Crippen LogP contribution >= 0.6 is 11.3 Å². The van der Waals surface area contributed by atoms with Crippen LogP contribution in [-0.2, 0) is 29.9 Å². The first-order chi connectivity index (χ1) is 10.7. The number of nitrogens with zero attached hydrogens (tertiary/aromatic N) is 4. The minimum Gasteiger partial charge on any atom is -0.361 e. The second kappa shape index (κ2) is 5.37. The molecular formula is C16H20N4OS. The topological polar surface area (TPSA) is 51.1 Å². The number of rotatable bonds is 4. The number of aryl methyl sites for hydroxylation is 2. The summed E-state index contributed by atoms with van der Waals surface area (Å²) < 4.78 is 6.10. The first kappa shape index (κ1) is 14.2. The summed E-state index contributed by atoms with van der Waals surface area (Å²) in [5, 5.41) is 0. The third kappa shape index (κ3) is 2.26. The summed E-state index contributed by atoms with van der Waals surface area (Å²) in [6, 6.07) is 0. The zero-order valence-electron chi connectivity index (χ0n) is 13.0. The van der Waals surface area contributed by atoms with Crippen molar-refractivity contribution < 1.29 is 4.74 Å². The molecule has 1 spiro atoms. The molecule has 0 atom stereocenters. The van der Waals surface area contributed by atoms with E-state index >= 15 is 0 Å². The molecule has 4 heterocycles. The van der Waals surface area contributed by atoms with Crippen LogP contribution in [0.15, 0.2) is 11.7 Å². The van der Waals surface area contributed by atoms with Crippen molar-refractivity contribution in [3.63, 3.8) is 0 Å². The molecular weight excluding hydrogens is 296 g/mol. The van der Waals surface area contributed by atoms with Gasteiger partial charge in [0.2, 0.25) is 0 Å². The minimum atomic E-state index is -0.168. The second-order valence-corrected chi connectivity index (χ2v) is 7.12. The summed E-state index contributed by atoms with van der Waals surface area (Å²) in [6.07, 6.45) is 4.01. The van der Waals surface area contributed by atoms with Gasteiger partial charge >= 0.3 is 0 Å². The molecule has 2 aromatic heterocycles. The van der Waals surface area contributed by atoms with E-state index in [-0.39, 0.29) is 5.60 Å². The maximum atomic E-state index is 6.10. The van der Waals surface area contributed by atoms with Crippen molar-refractivity contribution in [1.82, 2.24) is 19.9 Å². The molecule has 0 saturated carbocycles. The normalized spacial score (nSPS) is 19.4. The molecule has 2 aliphatic heterocycles. The molecule has 0 unspecified atom stereocenters. The number of hydrogen-bond acceptors (Lipinski definition) is 6. The smallest absolute Gasteiger partial charge is 0.128 e. The van der Waals surface area contributed by atoms with E-state index < -0.39 is 0 Å². The highest BCUT2D eigenvalue weighted by atomic mass is 32.1. The molecule has 6 heteroatoms. The number of thiazole rings is 1. The van der Waals surface area contributed by atoms with Crippen molar-refractivity contribution in [2.45, 2.75) is 45.4 Å². The molecule has 116 valence electrons. The molecule has 1 saturated heterocycles. The summed E-state index contributed by atoms with van der Waals surface area (Å²) in [6.45, 7) is 7.67. The monoisotopic (exact) mass is 316 g/mol. The van der Waals surface area contributed by atoms with Crippen LogP contribution in [-0.4, -0.2) is 32.9 Å². The quantitative estimate of drug-likeness (QED) is 0.867. The van der Waals surface area contributed by atoms with Gasteiger partial charge in [0.05, 0.1) is 23.5 Å². The average Bonchev–Trinajstić information content (AvgIpc) is 3.04. The molecule has 2 aromatic rings. The summed E-state index contributed by atoms with van der Waals surface area (Å²) in [5.74, 6) is 0.943. The van der Waals surface area contributed by atoms with Gasteiger partial charge in [0.25, 0.3) is 0 Å². The van der Waals surface area contributed by atoms with Crippen LogP contribution in [0.4, 0.5) is 0 Å². The van der Waals surface area contributed by atoms with Crippen molar-refractivity contribution in [2.75, 3.05) is 13.1 Å². The van der Waals surface area contributed by atoms with Crippen molar-refractivity contribution >= 4 is 11.3 Å². The largest absolute Gasteiger partial charge is 0.361 e. The van der Waals surface area contributed by atoms with Gasteiger partial charge in [-0.05, 0) is 13.3 Å². The van der Waals surface area contributed by atoms with Crippen molar-refractivity contribution in [1.29, 1.82) is 0 Å². The van der Waals surface area contributed by atoms with Crippen LogP contribution < -0.4 is 0 Å². The van der Waals surface area contributed by atoms with Gasteiger partial charge < -0.3 is 4.74 Å². The fourth-order valence-electron chi connectivity index (χ4n) is 3.31. The maximum absolute atomic E-state index is 6.10. The first-order valence-corrected chi connectivity index (χ1v) is 8.69. The Morgan fingerprint density at radius 3 is 2.95 bits per heavy atom. The maximum Gasteiger partial charge on any atom is 0.128 e. The van der Waals surface area contributed by atoms with Crippen LogP contribution in [0, 0.1) is 6.92 Å². The van der Waals surface area contributed by atoms with E-state index in [9.17, 15) is 0 Å². The molecule has 5 nitrogen and oxygen atoms in total. The van der Waals surface area contributed by atoms with Gasteiger partial charge in [-0.1, -0.05) is 6.92 Å². The highest BCUT2D eigenvalue weighted by Gasteiger charge is 2.50. The van der Waals surface area contributed by atoms with Gasteiger partial charge in [-0.2, -0.15) is 0 Å². The lowest BCUT2D eigenvalue weighted by molar-refractivity contribution is -0.144. The van der Waals surface area contributed by atoms with Crippen LogP contribution in [0.5, 0.6) is 0 Å². The molecule has 0 aromatic carbocycles. The Bertz CT molecular complexity index is 693. The van der Waals surface area contributed by atoms with Gasteiger partial charge in [0, 0.05) is 42.7 Å². The van der Waals surface area contributed by atoms with Crippen LogP contribution in [0.2, 0.25) is 0 Å². The number of fused-ring (bicyclic) bond motifs is 2. The SMILES string of the molecule is CCCc1ncc2c(n1)COC21CN(Cc2scnc2C)C1. The highest BCUT2D eigenvalue weighted by molar-refractivity contribution is 7.09. The standard InChI is InChI=1S/C16H20N4OS/c1-3-4-15-17-5-12-13(19-15)7-21-16(12)8-20(9-16)6-14-11(2)18-10-22-14/h5,10H,3-4,6-9H2,1-2H3. The minimum absolute atomic E-state index is 0.168. The molecule has 2 aliphatic rings. The number of likely N-dealkylation sites (tertiary alicyclic amines) is 1. The van der Waals surface area contributed by atoms with E-state index in [1.807, 2.05) is 11.7 Å². The van der Waals surface area contributed by atoms with Gasteiger partial charge in [-0.3, -0.25) is 4.90 Å². The first-order valence-electron chi connectivity index (χ1n) is 7.81. The molecule has 0 N–H and O–H groups in total. The number of hydrogen-bond donors (Lipinski definition) is 0. The zero-order chi connectivity index (χ0) is 15.2. The Morgan fingerprint density at radius 1 is 1.36 bits per heavy atom. The van der Waals surface area contributed by atoms with E-state index in [0.29, 0.717) is 6.61 Å². The Labute approximate surface area is 134 Å². The lowest BCUT2D eigenvalue weighted by atomic mass is 9.87. The van der Waals surface area contributed by atoms with Gasteiger partial charge in [-0.15, -0.1) is 11.3 Å². The number of ether oxygens (including phenoxy) is 1. The Morgan fingerprint density at radius 2 is 2.23 bits per heavy atom. The Kier molecular flexibility index (Phi) is 3.47. The van der Waals surface area contributed by atoms with Gasteiger partial charge in [0.1, 0.15) is 11.4 Å². The zero-order valence-corrected chi connectivity index (χ0v) is 13.8. The second-order valence-electron chi connectivity index (χ2n) is 6.19. The lowest BCUT2D eigenvalue weighted by Gasteiger charge is -2.47. The van der Waals surface area contributed by atoms with E-state index in [1.165, 1.54) is 10.4 Å². The Hall–Kier alpha value is -1.37. The van der Waals surface area contributed by atoms with E-state index in [2.05, 4.69) is 33.7 Å². The van der Waals surface area contributed by atoms with Gasteiger partial charge in [-0.25, -0.2) is 15.0 Å². The fourth-order valence-corrected chi connectivity index (χ4v) is 4.13. The third-order valence-corrected chi connectivity index (χ3v) is 5.46. The molecule has 22 heavy (non-hydrogen) atoms. The summed E-state index contributed by atoms with van der Waals surface area (Å²) >= 11 is 1.73. The molecule has 0 radical (unpaired) electrons. The van der Waals surface area contributed by atoms with Gasteiger partial charge in [0.15, 0.2) is 0 Å². The van der Waals surface area contributed by atoms with E-state index in [0.717, 1.165) is 49.7 Å². The number of aromatic nitrogens is 3. The predicted octanol–water partition coefficient (Wildman–Crippen LogP) is 2.44. The summed E-state index contributed by atoms with van der Waals surface area (Å²) in [7, 11) is 0. The summed E-state index contributed by atoms with van der Waals surface area (Å²) in [4.78, 5) is 17.3. The van der Waals surface area contributed by atoms with Crippen molar-refractivity contribution in [3.05, 3.63) is 39.4 Å². The van der Waals surface area contributed by atoms with E-state index in [4.69, 9.17) is 4.74 Å². The Balaban J connectivity index is 1.47. The van der Waals surface area contributed by atoms with Crippen LogP contribution in [0.1, 0.15) is 41.0 Å². The van der Waals surface area contributed by atoms with Crippen molar-refractivity contribution in [3.8, 4) is 0 Å². The van der Waals surface area contributed by atoms with E-state index in [1.54, 1.807) is 11.3 Å². The fraction of sp³-hybridized carbons (Fsp3) is 0.562. The lowest BCUT2D eigenvalue weighted by Crippen LogP contribution is -2.58. The molecule has 0 aliphatic carbocycles. The molecule has 0 amide bonds. The summed E-state index contributed by atoms with van der Waals surface area (Å²) in [5.41, 5.74) is 5.19. The average molecular weight is 316 g/mol. The molecule has 1 fully saturated rings. The highest BCUT2D eigenvalue weighted by Crippen LogP contribution is 2.43. The molecule has 0 bridgehead atoms. The molecule has 4 rings (SSSR count).